The van der Waals surface area contributed by atoms with Crippen molar-refractivity contribution in [2.24, 2.45) is 0 Å². The van der Waals surface area contributed by atoms with Crippen molar-refractivity contribution in [1.82, 2.24) is 15.2 Å². The third-order valence-electron chi connectivity index (χ3n) is 5.09. The summed E-state index contributed by atoms with van der Waals surface area (Å²) >= 11 is 0. The molecule has 2 aromatic heterocycles. The van der Waals surface area contributed by atoms with Gasteiger partial charge >= 0.3 is 0 Å². The normalized spacial score (nSPS) is 12.0. The largest absolute Gasteiger partial charge is 0.364 e. The fourth-order valence-electron chi connectivity index (χ4n) is 3.48. The van der Waals surface area contributed by atoms with Crippen molar-refractivity contribution in [3.63, 3.8) is 0 Å². The lowest BCUT2D eigenvalue weighted by molar-refractivity contribution is -0.118. The highest BCUT2D eigenvalue weighted by Gasteiger charge is 2.14. The van der Waals surface area contributed by atoms with Crippen LogP contribution in [0.5, 0.6) is 0 Å². The number of hydrogen-bond acceptors (Lipinski definition) is 4. The summed E-state index contributed by atoms with van der Waals surface area (Å²) in [5, 5.41) is 11.7. The van der Waals surface area contributed by atoms with Gasteiger partial charge in [0.05, 0.1) is 10.9 Å². The Morgan fingerprint density at radius 2 is 1.79 bits per heavy atom. The molecule has 0 aliphatic rings. The van der Waals surface area contributed by atoms with Crippen molar-refractivity contribution in [2.45, 2.75) is 32.2 Å². The van der Waals surface area contributed by atoms with Crippen molar-refractivity contribution < 1.29 is 4.79 Å². The summed E-state index contributed by atoms with van der Waals surface area (Å²) in [5.41, 5.74) is 4.02. The SMILES string of the molecule is C[C@@H](CC(=O)Cc1cc2[nH]nc(NCc3ccccc3)c2cn1)c1ccccc1. The molecule has 2 heterocycles. The van der Waals surface area contributed by atoms with Crippen molar-refractivity contribution in [2.75, 3.05) is 5.32 Å². The number of carbonyl (C=O) groups excluding carboxylic acids is 1. The molecule has 2 N–H and O–H groups in total. The van der Waals surface area contributed by atoms with Crippen LogP contribution >= 0.6 is 0 Å². The van der Waals surface area contributed by atoms with Gasteiger partial charge in [0, 0.05) is 31.3 Å². The predicted molar refractivity (Wildman–Crippen MR) is 116 cm³/mol. The number of ketones is 1. The highest BCUT2D eigenvalue weighted by molar-refractivity contribution is 5.90. The number of nitrogens with zero attached hydrogens (tertiary/aromatic N) is 2. The molecule has 29 heavy (non-hydrogen) atoms. The quantitative estimate of drug-likeness (QED) is 0.454. The zero-order valence-electron chi connectivity index (χ0n) is 16.4. The van der Waals surface area contributed by atoms with Gasteiger partial charge in [-0.2, -0.15) is 5.10 Å². The molecule has 0 radical (unpaired) electrons. The molecule has 0 aliphatic heterocycles. The van der Waals surface area contributed by atoms with Crippen molar-refractivity contribution in [3.05, 3.63) is 89.7 Å². The van der Waals surface area contributed by atoms with Crippen LogP contribution in [0.1, 0.15) is 36.1 Å². The number of pyridine rings is 1. The molecule has 0 saturated carbocycles. The minimum atomic E-state index is 0.190. The summed E-state index contributed by atoms with van der Waals surface area (Å²) in [4.78, 5) is 17.0. The molecule has 0 spiro atoms. The lowest BCUT2D eigenvalue weighted by Gasteiger charge is -2.10. The first kappa shape index (κ1) is 18.9. The first-order valence-electron chi connectivity index (χ1n) is 9.86. The van der Waals surface area contributed by atoms with Crippen LogP contribution in [0.2, 0.25) is 0 Å². The Balaban J connectivity index is 1.39. The standard InChI is InChI=1S/C24H24N4O/c1-17(19-10-6-3-7-11-19)12-21(29)13-20-14-23-22(16-25-20)24(28-27-23)26-15-18-8-4-2-5-9-18/h2-11,14,16-17H,12-13,15H2,1H3,(H2,26,27,28)/t17-/m0/s1. The number of anilines is 1. The smallest absolute Gasteiger partial charge is 0.157 e. The predicted octanol–water partition coefficient (Wildman–Crippen LogP) is 4.88. The maximum atomic E-state index is 12.5. The summed E-state index contributed by atoms with van der Waals surface area (Å²) in [7, 11) is 0. The van der Waals surface area contributed by atoms with Gasteiger partial charge < -0.3 is 5.32 Å². The zero-order chi connectivity index (χ0) is 20.1. The second-order valence-corrected chi connectivity index (χ2v) is 7.36. The molecule has 0 aliphatic carbocycles. The van der Waals surface area contributed by atoms with Crippen LogP contribution in [0.4, 0.5) is 5.82 Å². The van der Waals surface area contributed by atoms with E-state index in [1.54, 1.807) is 6.20 Å². The van der Waals surface area contributed by atoms with Gasteiger partial charge in [0.15, 0.2) is 5.82 Å². The Bertz CT molecular complexity index is 1090. The molecule has 0 fully saturated rings. The van der Waals surface area contributed by atoms with E-state index in [1.165, 1.54) is 11.1 Å². The van der Waals surface area contributed by atoms with E-state index in [2.05, 4.69) is 51.7 Å². The molecule has 5 nitrogen and oxygen atoms in total. The van der Waals surface area contributed by atoms with Gasteiger partial charge in [-0.3, -0.25) is 14.9 Å². The van der Waals surface area contributed by atoms with Crippen LogP contribution in [0.25, 0.3) is 10.9 Å². The molecule has 4 rings (SSSR count). The number of carbonyl (C=O) groups is 1. The van der Waals surface area contributed by atoms with E-state index in [4.69, 9.17) is 0 Å². The topological polar surface area (TPSA) is 70.7 Å². The monoisotopic (exact) mass is 384 g/mol. The third-order valence-corrected chi connectivity index (χ3v) is 5.09. The van der Waals surface area contributed by atoms with Crippen molar-refractivity contribution >= 4 is 22.5 Å². The number of Topliss-reactive ketones (excluding diaryl/α,β-unsaturated/α-hetero) is 1. The molecule has 0 bridgehead atoms. The van der Waals surface area contributed by atoms with Crippen LogP contribution in [0.15, 0.2) is 72.9 Å². The maximum Gasteiger partial charge on any atom is 0.157 e. The molecule has 0 amide bonds. The number of nitrogens with one attached hydrogen (secondary N) is 2. The number of aromatic amines is 1. The number of hydrogen-bond donors (Lipinski definition) is 2. The van der Waals surface area contributed by atoms with Crippen LogP contribution in [0.3, 0.4) is 0 Å². The van der Waals surface area contributed by atoms with Gasteiger partial charge in [-0.1, -0.05) is 67.6 Å². The molecule has 146 valence electrons. The molecule has 1 atom stereocenters. The van der Waals surface area contributed by atoms with E-state index in [-0.39, 0.29) is 11.7 Å². The van der Waals surface area contributed by atoms with E-state index in [0.29, 0.717) is 19.4 Å². The minimum Gasteiger partial charge on any atom is -0.364 e. The summed E-state index contributed by atoms with van der Waals surface area (Å²) < 4.78 is 0. The van der Waals surface area contributed by atoms with E-state index >= 15 is 0 Å². The van der Waals surface area contributed by atoms with Gasteiger partial charge in [0.2, 0.25) is 0 Å². The van der Waals surface area contributed by atoms with Gasteiger partial charge in [0.25, 0.3) is 0 Å². The average molecular weight is 384 g/mol. The number of fused-ring (bicyclic) bond motifs is 1. The summed E-state index contributed by atoms with van der Waals surface area (Å²) in [6, 6.07) is 22.2. The van der Waals surface area contributed by atoms with Crippen molar-refractivity contribution in [3.8, 4) is 0 Å². The highest BCUT2D eigenvalue weighted by atomic mass is 16.1. The van der Waals surface area contributed by atoms with E-state index in [0.717, 1.165) is 22.4 Å². The van der Waals surface area contributed by atoms with Crippen LogP contribution in [0, 0.1) is 0 Å². The zero-order valence-corrected chi connectivity index (χ0v) is 16.4. The number of benzene rings is 2. The summed E-state index contributed by atoms with van der Waals surface area (Å²) in [5.74, 6) is 1.16. The molecule has 0 unspecified atom stereocenters. The molecular weight excluding hydrogens is 360 g/mol. The maximum absolute atomic E-state index is 12.5. The van der Waals surface area contributed by atoms with Crippen LogP contribution < -0.4 is 5.32 Å². The van der Waals surface area contributed by atoms with E-state index in [9.17, 15) is 4.79 Å². The lowest BCUT2D eigenvalue weighted by Crippen LogP contribution is -2.08. The van der Waals surface area contributed by atoms with Gasteiger partial charge in [-0.15, -0.1) is 0 Å². The second-order valence-electron chi connectivity index (χ2n) is 7.36. The molecule has 4 aromatic rings. The summed E-state index contributed by atoms with van der Waals surface area (Å²) in [6.07, 6.45) is 2.63. The first-order valence-corrected chi connectivity index (χ1v) is 9.86. The Kier molecular flexibility index (Phi) is 5.66. The fraction of sp³-hybridized carbons (Fsp3) is 0.208. The number of rotatable bonds is 8. The minimum absolute atomic E-state index is 0.190. The van der Waals surface area contributed by atoms with Crippen LogP contribution in [-0.2, 0) is 17.8 Å². The van der Waals surface area contributed by atoms with Crippen LogP contribution in [-0.4, -0.2) is 21.0 Å². The first-order chi connectivity index (χ1) is 14.2. The van der Waals surface area contributed by atoms with Gasteiger partial charge in [-0.05, 0) is 23.1 Å². The lowest BCUT2D eigenvalue weighted by atomic mass is 9.94. The summed E-state index contributed by atoms with van der Waals surface area (Å²) in [6.45, 7) is 2.78. The van der Waals surface area contributed by atoms with Gasteiger partial charge in [-0.25, -0.2) is 0 Å². The Morgan fingerprint density at radius 3 is 2.55 bits per heavy atom. The highest BCUT2D eigenvalue weighted by Crippen LogP contribution is 2.22. The molecule has 5 heteroatoms. The number of aromatic nitrogens is 3. The van der Waals surface area contributed by atoms with E-state index in [1.807, 2.05) is 42.5 Å². The molecule has 0 saturated heterocycles. The molecule has 2 aromatic carbocycles. The Labute approximate surface area is 170 Å². The average Bonchev–Trinajstić information content (AvgIpc) is 3.15. The second kappa shape index (κ2) is 8.69. The third kappa shape index (κ3) is 4.69. The van der Waals surface area contributed by atoms with Gasteiger partial charge in [0.1, 0.15) is 5.78 Å². The Hall–Kier alpha value is -3.47. The fourth-order valence-corrected chi connectivity index (χ4v) is 3.48. The molecular formula is C24H24N4O. The van der Waals surface area contributed by atoms with Crippen molar-refractivity contribution in [1.29, 1.82) is 0 Å². The number of H-pyrrole nitrogens is 1. The van der Waals surface area contributed by atoms with E-state index < -0.39 is 0 Å². The Morgan fingerprint density at radius 1 is 1.07 bits per heavy atom.